The number of hydrogen-bond donors (Lipinski definition) is 1. The third-order valence-corrected chi connectivity index (χ3v) is 9.06. The van der Waals surface area contributed by atoms with Crippen molar-refractivity contribution in [3.05, 3.63) is 23.3 Å². The normalized spacial score (nSPS) is 31.4. The molecule has 3 aliphatic carbocycles. The number of nitrogens with one attached hydrogen (secondary N) is 1. The molecule has 1 N–H and O–H groups in total. The van der Waals surface area contributed by atoms with Gasteiger partial charge in [0, 0.05) is 18.0 Å². The number of likely N-dealkylation sites (tertiary alicyclic amines) is 1. The van der Waals surface area contributed by atoms with Crippen molar-refractivity contribution in [3.8, 4) is 0 Å². The fourth-order valence-electron chi connectivity index (χ4n) is 6.63. The zero-order chi connectivity index (χ0) is 20.5. The third kappa shape index (κ3) is 3.24. The number of rotatable bonds is 4. The molecule has 0 unspecified atom stereocenters. The molecule has 7 heteroatoms. The van der Waals surface area contributed by atoms with Gasteiger partial charge in [0.2, 0.25) is 0 Å². The number of anilines is 1. The van der Waals surface area contributed by atoms with Gasteiger partial charge in [-0.3, -0.25) is 4.90 Å². The Bertz CT molecular complexity index is 966. The Morgan fingerprint density at radius 2 is 2.03 bits per heavy atom. The lowest BCUT2D eigenvalue weighted by molar-refractivity contribution is -0.115. The summed E-state index contributed by atoms with van der Waals surface area (Å²) in [7, 11) is 0. The fourth-order valence-corrected chi connectivity index (χ4v) is 7.53. The van der Waals surface area contributed by atoms with Gasteiger partial charge in [-0.2, -0.15) is 13.2 Å². The Kier molecular flexibility index (Phi) is 4.40. The maximum Gasteiger partial charge on any atom is 0.405 e. The Balaban J connectivity index is 1.38. The standard InChI is InChI=1S/C23H28F3N3S/c24-23(25,26)13-27-21-28-18-11-17-15(10-20(18)30-21)9-19-16-3-1-2-6-22(16,17)7-8-29(19)12-14-4-5-14/h10-11,14,16,19H,1-9,12-13H2,(H,27,28)/t16-,19+,22+/m0/s1. The van der Waals surface area contributed by atoms with E-state index in [9.17, 15) is 13.2 Å². The van der Waals surface area contributed by atoms with Crippen molar-refractivity contribution in [1.29, 1.82) is 0 Å². The third-order valence-electron chi connectivity index (χ3n) is 8.08. The molecule has 2 aromatic rings. The molecule has 3 nitrogen and oxygen atoms in total. The predicted octanol–water partition coefficient (Wildman–Crippen LogP) is 5.74. The molecule has 6 rings (SSSR count). The van der Waals surface area contributed by atoms with E-state index in [-0.39, 0.29) is 5.41 Å². The van der Waals surface area contributed by atoms with Crippen LogP contribution in [0, 0.1) is 11.8 Å². The van der Waals surface area contributed by atoms with E-state index < -0.39 is 12.7 Å². The molecule has 3 atom stereocenters. The van der Waals surface area contributed by atoms with Gasteiger partial charge in [-0.1, -0.05) is 24.2 Å². The summed E-state index contributed by atoms with van der Waals surface area (Å²) in [6.07, 6.45) is 6.07. The molecule has 3 fully saturated rings. The van der Waals surface area contributed by atoms with Crippen molar-refractivity contribution in [3.63, 3.8) is 0 Å². The second kappa shape index (κ2) is 6.83. The molecule has 0 spiro atoms. The smallest absolute Gasteiger partial charge is 0.352 e. The van der Waals surface area contributed by atoms with Crippen molar-refractivity contribution in [2.24, 2.45) is 11.8 Å². The number of alkyl halides is 3. The topological polar surface area (TPSA) is 28.2 Å². The maximum absolute atomic E-state index is 12.6. The largest absolute Gasteiger partial charge is 0.405 e. The molecule has 1 aliphatic heterocycles. The summed E-state index contributed by atoms with van der Waals surface area (Å²) in [5.41, 5.74) is 4.02. The molecule has 2 saturated carbocycles. The van der Waals surface area contributed by atoms with Gasteiger partial charge < -0.3 is 5.32 Å². The quantitative estimate of drug-likeness (QED) is 0.664. The molecule has 2 heterocycles. The average Bonchev–Trinajstić information content (AvgIpc) is 3.43. The fraction of sp³-hybridized carbons (Fsp3) is 0.696. The van der Waals surface area contributed by atoms with Crippen LogP contribution in [0.1, 0.15) is 56.1 Å². The van der Waals surface area contributed by atoms with Crippen molar-refractivity contribution in [1.82, 2.24) is 9.88 Å². The molecule has 30 heavy (non-hydrogen) atoms. The summed E-state index contributed by atoms with van der Waals surface area (Å²) in [4.78, 5) is 7.32. The lowest BCUT2D eigenvalue weighted by Crippen LogP contribution is -2.61. The number of thiazole rings is 1. The summed E-state index contributed by atoms with van der Waals surface area (Å²) >= 11 is 1.35. The summed E-state index contributed by atoms with van der Waals surface area (Å²) in [5, 5.41) is 2.85. The minimum Gasteiger partial charge on any atom is -0.352 e. The van der Waals surface area contributed by atoms with E-state index in [1.807, 2.05) is 0 Å². The van der Waals surface area contributed by atoms with Gasteiger partial charge in [0.25, 0.3) is 0 Å². The SMILES string of the molecule is FC(F)(F)CNc1nc2cc3c(cc2s1)C[C@@H]1[C@@H]2CCCC[C@]32CCN1CC1CC1. The monoisotopic (exact) mass is 435 g/mol. The van der Waals surface area contributed by atoms with E-state index in [1.54, 1.807) is 0 Å². The Labute approximate surface area is 179 Å². The van der Waals surface area contributed by atoms with Crippen LogP contribution in [-0.4, -0.2) is 41.7 Å². The van der Waals surface area contributed by atoms with Crippen LogP contribution in [0.25, 0.3) is 10.2 Å². The predicted molar refractivity (Wildman–Crippen MR) is 114 cm³/mol. The highest BCUT2D eigenvalue weighted by Gasteiger charge is 2.54. The van der Waals surface area contributed by atoms with Crippen LogP contribution in [0.3, 0.4) is 0 Å². The van der Waals surface area contributed by atoms with E-state index >= 15 is 0 Å². The van der Waals surface area contributed by atoms with E-state index in [4.69, 9.17) is 0 Å². The molecular formula is C23H28F3N3S. The molecule has 1 saturated heterocycles. The summed E-state index contributed by atoms with van der Waals surface area (Å²) < 4.78 is 38.9. The average molecular weight is 436 g/mol. The minimum atomic E-state index is -4.23. The first-order valence-electron chi connectivity index (χ1n) is 11.4. The molecular weight excluding hydrogens is 407 g/mol. The first-order chi connectivity index (χ1) is 14.4. The Morgan fingerprint density at radius 1 is 1.17 bits per heavy atom. The number of fused-ring (bicyclic) bond motifs is 2. The Morgan fingerprint density at radius 3 is 2.83 bits per heavy atom. The van der Waals surface area contributed by atoms with Gasteiger partial charge >= 0.3 is 6.18 Å². The Hall–Kier alpha value is -1.34. The minimum absolute atomic E-state index is 0.258. The number of piperidine rings is 1. The molecule has 0 amide bonds. The lowest BCUT2D eigenvalue weighted by Gasteiger charge is -2.59. The van der Waals surface area contributed by atoms with Gasteiger partial charge in [-0.05, 0) is 80.2 Å². The van der Waals surface area contributed by atoms with Crippen molar-refractivity contribution in [2.75, 3.05) is 25.0 Å². The highest BCUT2D eigenvalue weighted by molar-refractivity contribution is 7.22. The molecule has 162 valence electrons. The van der Waals surface area contributed by atoms with Gasteiger partial charge in [-0.15, -0.1) is 0 Å². The first-order valence-corrected chi connectivity index (χ1v) is 12.2. The van der Waals surface area contributed by atoms with Crippen molar-refractivity contribution in [2.45, 2.75) is 69.0 Å². The van der Waals surface area contributed by atoms with Crippen LogP contribution in [0.5, 0.6) is 0 Å². The van der Waals surface area contributed by atoms with Crippen LogP contribution in [-0.2, 0) is 11.8 Å². The number of halogens is 3. The molecule has 0 radical (unpaired) electrons. The van der Waals surface area contributed by atoms with Gasteiger partial charge in [-0.25, -0.2) is 4.98 Å². The van der Waals surface area contributed by atoms with Crippen molar-refractivity contribution < 1.29 is 13.2 Å². The zero-order valence-corrected chi connectivity index (χ0v) is 17.9. The molecule has 4 aliphatic rings. The van der Waals surface area contributed by atoms with Gasteiger partial charge in [0.15, 0.2) is 5.13 Å². The van der Waals surface area contributed by atoms with E-state index in [2.05, 4.69) is 27.3 Å². The lowest BCUT2D eigenvalue weighted by atomic mass is 9.52. The number of hydrogen-bond acceptors (Lipinski definition) is 4. The highest BCUT2D eigenvalue weighted by atomic mass is 32.1. The summed E-state index contributed by atoms with van der Waals surface area (Å²) in [5.74, 6) is 1.64. The van der Waals surface area contributed by atoms with E-state index in [1.165, 1.54) is 80.5 Å². The highest BCUT2D eigenvalue weighted by Crippen LogP contribution is 2.56. The number of aromatic nitrogens is 1. The number of nitrogens with zero attached hydrogens (tertiary/aromatic N) is 2. The zero-order valence-electron chi connectivity index (χ0n) is 17.1. The van der Waals surface area contributed by atoms with Crippen molar-refractivity contribution >= 4 is 26.7 Å². The second-order valence-corrected chi connectivity index (χ2v) is 11.0. The second-order valence-electron chi connectivity index (χ2n) is 9.93. The van der Waals surface area contributed by atoms with Gasteiger partial charge in [0.1, 0.15) is 6.54 Å². The molecule has 2 bridgehead atoms. The number of benzene rings is 1. The van der Waals surface area contributed by atoms with Crippen LogP contribution < -0.4 is 5.32 Å². The molecule has 1 aromatic heterocycles. The van der Waals surface area contributed by atoms with Crippen LogP contribution in [0.15, 0.2) is 12.1 Å². The maximum atomic E-state index is 12.6. The first kappa shape index (κ1) is 19.4. The summed E-state index contributed by atoms with van der Waals surface area (Å²) in [6.45, 7) is 1.43. The van der Waals surface area contributed by atoms with E-state index in [0.717, 1.165) is 28.5 Å². The van der Waals surface area contributed by atoms with Crippen LogP contribution in [0.4, 0.5) is 18.3 Å². The van der Waals surface area contributed by atoms with Gasteiger partial charge in [0.05, 0.1) is 10.2 Å². The summed E-state index contributed by atoms with van der Waals surface area (Å²) in [6, 6.07) is 5.13. The molecule has 1 aromatic carbocycles. The van der Waals surface area contributed by atoms with Crippen LogP contribution >= 0.6 is 11.3 Å². The van der Waals surface area contributed by atoms with E-state index in [0.29, 0.717) is 11.2 Å². The van der Waals surface area contributed by atoms with Crippen LogP contribution in [0.2, 0.25) is 0 Å².